The van der Waals surface area contributed by atoms with E-state index in [9.17, 15) is 0 Å². The second-order valence-electron chi connectivity index (χ2n) is 1.49. The second-order valence-corrected chi connectivity index (χ2v) is 1.49. The molecule has 0 aromatic heterocycles. The monoisotopic (exact) mass is 112 g/mol. The van der Waals surface area contributed by atoms with Crippen molar-refractivity contribution < 1.29 is 0 Å². The molecule has 0 atom stereocenters. The molecule has 0 aliphatic rings. The lowest BCUT2D eigenvalue weighted by Crippen LogP contribution is -1.83. The van der Waals surface area contributed by atoms with Crippen LogP contribution in [-0.4, -0.2) is 19.1 Å². The van der Waals surface area contributed by atoms with Gasteiger partial charge in [-0.1, -0.05) is 6.92 Å². The van der Waals surface area contributed by atoms with Crippen molar-refractivity contribution in [3.8, 4) is 0 Å². The van der Waals surface area contributed by atoms with Crippen LogP contribution in [0.1, 0.15) is 20.3 Å². The van der Waals surface area contributed by atoms with Crippen molar-refractivity contribution in [3.63, 3.8) is 0 Å². The molecule has 0 rings (SSSR count). The van der Waals surface area contributed by atoms with E-state index in [4.69, 9.17) is 0 Å². The van der Waals surface area contributed by atoms with Crippen LogP contribution >= 0.6 is 0 Å². The molecule has 46 valence electrons. The molecule has 0 bridgehead atoms. The first-order valence-electron chi connectivity index (χ1n) is 2.77. The third-order valence-electron chi connectivity index (χ3n) is 0.784. The fourth-order valence-electron chi connectivity index (χ4n) is 0.281. The minimum Gasteiger partial charge on any atom is -0.274 e. The minimum absolute atomic E-state index is 0.840. The molecule has 0 saturated carbocycles. The van der Waals surface area contributed by atoms with E-state index >= 15 is 0 Å². The van der Waals surface area contributed by atoms with Crippen molar-refractivity contribution in [2.75, 3.05) is 7.05 Å². The van der Waals surface area contributed by atoms with E-state index in [-0.39, 0.29) is 0 Å². The van der Waals surface area contributed by atoms with Crippen LogP contribution < -0.4 is 0 Å². The van der Waals surface area contributed by atoms with E-state index in [2.05, 4.69) is 9.98 Å². The van der Waals surface area contributed by atoms with Gasteiger partial charge in [0, 0.05) is 13.3 Å². The zero-order valence-electron chi connectivity index (χ0n) is 5.68. The van der Waals surface area contributed by atoms with Gasteiger partial charge in [-0.3, -0.25) is 4.99 Å². The van der Waals surface area contributed by atoms with Crippen molar-refractivity contribution >= 4 is 12.1 Å². The Kier molecular flexibility index (Phi) is 4.13. The Labute approximate surface area is 50.4 Å². The fraction of sp³-hybridized carbons (Fsp3) is 0.667. The van der Waals surface area contributed by atoms with Gasteiger partial charge in [-0.2, -0.15) is 0 Å². The predicted molar refractivity (Wildman–Crippen MR) is 37.8 cm³/mol. The largest absolute Gasteiger partial charge is 0.274 e. The lowest BCUT2D eigenvalue weighted by atomic mass is 10.5. The molecule has 0 unspecified atom stereocenters. The summed E-state index contributed by atoms with van der Waals surface area (Å²) < 4.78 is 0. The third-order valence-corrected chi connectivity index (χ3v) is 0.784. The normalized spacial score (nSPS) is 13.1. The summed E-state index contributed by atoms with van der Waals surface area (Å²) in [6.07, 6.45) is 2.83. The first-order chi connectivity index (χ1) is 3.81. The summed E-state index contributed by atoms with van der Waals surface area (Å²) in [7, 11) is 1.74. The maximum absolute atomic E-state index is 3.99. The molecular weight excluding hydrogens is 100 g/mol. The molecule has 8 heavy (non-hydrogen) atoms. The molecule has 0 aliphatic carbocycles. The van der Waals surface area contributed by atoms with Gasteiger partial charge < -0.3 is 0 Å². The topological polar surface area (TPSA) is 24.7 Å². The van der Waals surface area contributed by atoms with Crippen molar-refractivity contribution in [2.45, 2.75) is 20.3 Å². The Morgan fingerprint density at radius 1 is 1.62 bits per heavy atom. The summed E-state index contributed by atoms with van der Waals surface area (Å²) in [4.78, 5) is 7.83. The molecule has 0 spiro atoms. The first-order valence-corrected chi connectivity index (χ1v) is 2.77. The highest BCUT2D eigenvalue weighted by Gasteiger charge is 1.74. The zero-order chi connectivity index (χ0) is 6.41. The molecule has 2 nitrogen and oxygen atoms in total. The van der Waals surface area contributed by atoms with Crippen LogP contribution in [0.4, 0.5) is 0 Å². The molecule has 0 amide bonds. The van der Waals surface area contributed by atoms with Crippen LogP contribution in [0.5, 0.6) is 0 Å². The molecule has 2 heteroatoms. The first kappa shape index (κ1) is 7.34. The van der Waals surface area contributed by atoms with Crippen LogP contribution in [0, 0.1) is 0 Å². The molecule has 0 fully saturated rings. The van der Waals surface area contributed by atoms with E-state index in [1.807, 2.05) is 20.1 Å². The zero-order valence-corrected chi connectivity index (χ0v) is 5.68. The van der Waals surface area contributed by atoms with Gasteiger partial charge in [0.05, 0.1) is 0 Å². The standard InChI is InChI=1S/C6H12N2/c1-4-5-8-6(2)7-3/h5H,4H2,1-3H3. The Bertz CT molecular complexity index is 103. The summed E-state index contributed by atoms with van der Waals surface area (Å²) in [6, 6.07) is 0. The van der Waals surface area contributed by atoms with Gasteiger partial charge in [0.25, 0.3) is 0 Å². The van der Waals surface area contributed by atoms with Gasteiger partial charge in [0.1, 0.15) is 5.84 Å². The van der Waals surface area contributed by atoms with Crippen molar-refractivity contribution in [1.82, 2.24) is 0 Å². The van der Waals surface area contributed by atoms with E-state index < -0.39 is 0 Å². The van der Waals surface area contributed by atoms with Gasteiger partial charge in [0.15, 0.2) is 0 Å². The lowest BCUT2D eigenvalue weighted by Gasteiger charge is -1.83. The highest BCUT2D eigenvalue weighted by Crippen LogP contribution is 1.75. The molecule has 0 aliphatic heterocycles. The van der Waals surface area contributed by atoms with Crippen LogP contribution in [0.3, 0.4) is 0 Å². The van der Waals surface area contributed by atoms with Crippen LogP contribution in [-0.2, 0) is 0 Å². The lowest BCUT2D eigenvalue weighted by molar-refractivity contribution is 1.31. The molecule has 0 N–H and O–H groups in total. The summed E-state index contributed by atoms with van der Waals surface area (Å²) in [5.74, 6) is 0.840. The number of nitrogens with zero attached hydrogens (tertiary/aromatic N) is 2. The van der Waals surface area contributed by atoms with E-state index in [1.54, 1.807) is 7.05 Å². The Morgan fingerprint density at radius 3 is 2.62 bits per heavy atom. The summed E-state index contributed by atoms with van der Waals surface area (Å²) in [5.41, 5.74) is 0. The summed E-state index contributed by atoms with van der Waals surface area (Å²) >= 11 is 0. The highest BCUT2D eigenvalue weighted by atomic mass is 14.9. The number of hydrogen-bond donors (Lipinski definition) is 0. The van der Waals surface area contributed by atoms with Gasteiger partial charge in [-0.05, 0) is 13.3 Å². The van der Waals surface area contributed by atoms with Crippen molar-refractivity contribution in [2.24, 2.45) is 9.98 Å². The van der Waals surface area contributed by atoms with Crippen molar-refractivity contribution in [1.29, 1.82) is 0 Å². The van der Waals surface area contributed by atoms with Gasteiger partial charge in [-0.15, -0.1) is 0 Å². The van der Waals surface area contributed by atoms with Crippen LogP contribution in [0.25, 0.3) is 0 Å². The molecule has 0 aromatic carbocycles. The quantitative estimate of drug-likeness (QED) is 0.363. The van der Waals surface area contributed by atoms with Gasteiger partial charge in [-0.25, -0.2) is 4.99 Å². The number of amidine groups is 1. The number of aliphatic imine (C=N–C) groups is 2. The molecule has 0 aromatic rings. The maximum Gasteiger partial charge on any atom is 0.119 e. The molecular formula is C6H12N2. The van der Waals surface area contributed by atoms with Crippen LogP contribution in [0.15, 0.2) is 9.98 Å². The van der Waals surface area contributed by atoms with Gasteiger partial charge >= 0.3 is 0 Å². The predicted octanol–water partition coefficient (Wildman–Crippen LogP) is 1.52. The fourth-order valence-corrected chi connectivity index (χ4v) is 0.281. The van der Waals surface area contributed by atoms with Crippen molar-refractivity contribution in [3.05, 3.63) is 0 Å². The summed E-state index contributed by atoms with van der Waals surface area (Å²) in [5, 5.41) is 0. The number of rotatable bonds is 1. The molecule has 0 saturated heterocycles. The third kappa shape index (κ3) is 3.53. The second kappa shape index (κ2) is 4.50. The minimum atomic E-state index is 0.840. The van der Waals surface area contributed by atoms with E-state index in [0.29, 0.717) is 0 Å². The molecule has 0 heterocycles. The SMILES string of the molecule is CCC=NC(C)=NC. The molecule has 0 radical (unpaired) electrons. The Morgan fingerprint density at radius 2 is 2.25 bits per heavy atom. The van der Waals surface area contributed by atoms with Crippen LogP contribution in [0.2, 0.25) is 0 Å². The summed E-state index contributed by atoms with van der Waals surface area (Å²) in [6.45, 7) is 3.93. The Balaban J connectivity index is 3.53. The number of hydrogen-bond acceptors (Lipinski definition) is 1. The average Bonchev–Trinajstić information content (AvgIpc) is 1.83. The highest BCUT2D eigenvalue weighted by molar-refractivity contribution is 5.87. The maximum atomic E-state index is 3.99. The van der Waals surface area contributed by atoms with E-state index in [1.165, 1.54) is 0 Å². The van der Waals surface area contributed by atoms with E-state index in [0.717, 1.165) is 12.3 Å². The average molecular weight is 112 g/mol. The Hall–Kier alpha value is -0.660. The smallest absolute Gasteiger partial charge is 0.119 e. The van der Waals surface area contributed by atoms with Gasteiger partial charge in [0.2, 0.25) is 0 Å².